The molecule has 0 fully saturated rings. The van der Waals surface area contributed by atoms with Gasteiger partial charge in [-0.1, -0.05) is 48.5 Å². The molecule has 0 aliphatic carbocycles. The fraction of sp³-hybridized carbons (Fsp3) is 0.0833. The Morgan fingerprint density at radius 2 is 1.24 bits per heavy atom. The predicted molar refractivity (Wildman–Crippen MR) is 326 cm³/mol. The van der Waals surface area contributed by atoms with Crippen molar-refractivity contribution < 1.29 is 35.1 Å². The third kappa shape index (κ3) is 8.56. The first kappa shape index (κ1) is 41.1. The van der Waals surface area contributed by atoms with Crippen LogP contribution < -0.4 is 15.0 Å². The van der Waals surface area contributed by atoms with E-state index in [0.29, 0.717) is 48.8 Å². The summed E-state index contributed by atoms with van der Waals surface area (Å²) in [5, 5.41) is 2.14. The number of aromatic nitrogens is 4. The zero-order valence-corrected chi connectivity index (χ0v) is 45.9. The van der Waals surface area contributed by atoms with E-state index < -0.39 is 33.0 Å². The minimum atomic E-state index is -2.63. The van der Waals surface area contributed by atoms with Gasteiger partial charge in [0.1, 0.15) is 0 Å². The number of hydrogen-bond donors (Lipinski definition) is 0. The van der Waals surface area contributed by atoms with E-state index in [9.17, 15) is 6.85 Å². The van der Waals surface area contributed by atoms with Crippen LogP contribution in [0.2, 0.25) is 0 Å². The summed E-state index contributed by atoms with van der Waals surface area (Å²) in [6.45, 7) is -1.80. The summed E-state index contributed by atoms with van der Waals surface area (Å²) < 4.78 is 86.6. The quantitative estimate of drug-likeness (QED) is 0.0904. The van der Waals surface area contributed by atoms with Gasteiger partial charge in [0.25, 0.3) is 0 Å². The number of fused-ring (bicyclic) bond motifs is 4. The summed E-state index contributed by atoms with van der Waals surface area (Å²) in [5.41, 5.74) is 13.0. The van der Waals surface area contributed by atoms with E-state index in [1.165, 1.54) is 0 Å². The van der Waals surface area contributed by atoms with Crippen LogP contribution in [-0.2, 0) is 25.7 Å². The van der Waals surface area contributed by atoms with Crippen LogP contribution in [0.5, 0.6) is 11.6 Å². The van der Waals surface area contributed by atoms with Gasteiger partial charge in [0.15, 0.2) is 0 Å². The standard InChI is InChI=1S/C72H54BN5O.Pt/c1-48(2)41-51-44-62(54-39-37-53(38-40-54)52-22-8-5-9-23-52)70(63(45-51)56-26-18-21-49(3)42-56)76-47-75(65-34-16-17-35-66(65)76)58-29-19-30-59(46-58)79-72-69(55-24-10-6-11-25-55)50(4)43-68(74-72)77-67-36-20-32-61-60-31-14-15-33-64(60)78(71(61)67)73(77)57-27-12-7-13-28-57;/h5-35,37-40,42-45,48H,41H2,1-4H3;/q-2;/i3D3,4D3,41D2;. The number of ether oxygens (including phenoxy) is 1. The molecule has 14 rings (SSSR count). The van der Waals surface area contributed by atoms with Crippen LogP contribution in [-0.4, -0.2) is 25.6 Å². The zero-order chi connectivity index (χ0) is 60.8. The van der Waals surface area contributed by atoms with Crippen LogP contribution >= 0.6 is 0 Å². The second kappa shape index (κ2) is 20.3. The Labute approximate surface area is 489 Å². The van der Waals surface area contributed by atoms with Crippen LogP contribution in [0.25, 0.3) is 88.7 Å². The van der Waals surface area contributed by atoms with E-state index in [2.05, 4.69) is 117 Å². The van der Waals surface area contributed by atoms with Crippen LogP contribution in [0.1, 0.15) is 41.5 Å². The average molecular weight is 1220 g/mol. The molecule has 0 saturated carbocycles. The van der Waals surface area contributed by atoms with Crippen molar-refractivity contribution in [2.45, 2.75) is 33.9 Å². The van der Waals surface area contributed by atoms with Gasteiger partial charge in [-0.2, -0.15) is 12.1 Å². The second-order valence-corrected chi connectivity index (χ2v) is 21.4. The fourth-order valence-corrected chi connectivity index (χ4v) is 12.7. The van der Waals surface area contributed by atoms with Gasteiger partial charge in [-0.05, 0) is 11.5 Å². The molecule has 10 aromatic carbocycles. The van der Waals surface area contributed by atoms with Crippen molar-refractivity contribution in [2.24, 2.45) is 5.92 Å². The molecular formula is C72H54BN5OPt-2. The van der Waals surface area contributed by atoms with E-state index >= 15 is 0 Å². The van der Waals surface area contributed by atoms with Gasteiger partial charge in [-0.15, -0.1) is 5.39 Å². The van der Waals surface area contributed by atoms with Crippen LogP contribution in [0.4, 0.5) is 11.5 Å². The molecule has 388 valence electrons. The SMILES string of the molecule is [2H]C([2H])([2H])c1cccc(-c2cc(C([2H])([2H])C(C)C)cc(-c3ccc(-c4ccccc4)cc3)c2-n2[c](=[Pt])n(-c3[c-]c(Oc4nc(N5B(c6ccccc6)n6c7ccccc7c7cc[c-]c5c76)cc(C([2H])([2H])[2H])c4-c4ccccc4)ccc3)c3ccccc32)c1. The van der Waals surface area contributed by atoms with E-state index in [-0.39, 0.29) is 22.8 Å². The number of pyridine rings is 1. The first-order valence-electron chi connectivity index (χ1n) is 30.7. The van der Waals surface area contributed by atoms with Gasteiger partial charge in [0, 0.05) is 5.52 Å². The molecule has 3 aromatic heterocycles. The summed E-state index contributed by atoms with van der Waals surface area (Å²) in [6.07, 6.45) is -1.79. The third-order valence-electron chi connectivity index (χ3n) is 14.9. The molecule has 0 unspecified atom stereocenters. The van der Waals surface area contributed by atoms with Gasteiger partial charge in [-0.25, -0.2) is 0 Å². The Morgan fingerprint density at radius 3 is 1.98 bits per heavy atom. The minimum absolute atomic E-state index is 0.0561. The van der Waals surface area contributed by atoms with E-state index in [1.54, 1.807) is 30.3 Å². The van der Waals surface area contributed by atoms with E-state index in [4.69, 9.17) is 13.8 Å². The molecule has 0 amide bonds. The number of para-hydroxylation sites is 3. The van der Waals surface area contributed by atoms with Crippen LogP contribution in [0.3, 0.4) is 0 Å². The molecule has 0 bridgehead atoms. The molecule has 0 radical (unpaired) electrons. The summed E-state index contributed by atoms with van der Waals surface area (Å²) in [5.74, 6) is 0.277. The van der Waals surface area contributed by atoms with Crippen molar-refractivity contribution >= 4 is 56.8 Å². The predicted octanol–water partition coefficient (Wildman–Crippen LogP) is 17.3. The molecule has 0 saturated heterocycles. The normalized spacial score (nSPS) is 14.2. The molecule has 6 nitrogen and oxygen atoms in total. The fourth-order valence-electron chi connectivity index (χ4n) is 11.6. The second-order valence-electron chi connectivity index (χ2n) is 20.4. The van der Waals surface area contributed by atoms with Gasteiger partial charge < -0.3 is 0 Å². The van der Waals surface area contributed by atoms with Gasteiger partial charge in [0.2, 0.25) is 0 Å². The third-order valence-corrected chi connectivity index (χ3v) is 15.9. The Balaban J connectivity index is 0.974. The Hall–Kier alpha value is -9.03. The summed E-state index contributed by atoms with van der Waals surface area (Å²) in [4.78, 5) is 7.47. The number of imidazole rings is 1. The molecule has 4 heterocycles. The van der Waals surface area contributed by atoms with Crippen LogP contribution in [0.15, 0.2) is 237 Å². The van der Waals surface area contributed by atoms with Gasteiger partial charge in [-0.3, -0.25) is 0 Å². The van der Waals surface area contributed by atoms with E-state index in [1.807, 2.05) is 153 Å². The molecule has 0 N–H and O–H groups in total. The number of hydrogen-bond acceptors (Lipinski definition) is 3. The number of anilines is 2. The molecule has 0 atom stereocenters. The topological polar surface area (TPSA) is 40.1 Å². The van der Waals surface area contributed by atoms with Crippen molar-refractivity contribution in [3.63, 3.8) is 0 Å². The first-order chi connectivity index (χ1) is 42.4. The van der Waals surface area contributed by atoms with Crippen molar-refractivity contribution in [3.05, 3.63) is 269 Å². The molecule has 8 heteroatoms. The maximum atomic E-state index is 9.58. The Morgan fingerprint density at radius 1 is 0.600 bits per heavy atom. The van der Waals surface area contributed by atoms with Crippen molar-refractivity contribution in [1.29, 1.82) is 0 Å². The molecule has 80 heavy (non-hydrogen) atoms. The number of rotatable bonds is 12. The maximum absolute atomic E-state index is 9.58. The van der Waals surface area contributed by atoms with Crippen molar-refractivity contribution in [3.8, 4) is 67.5 Å². The van der Waals surface area contributed by atoms with Gasteiger partial charge >= 0.3 is 409 Å². The molecule has 1 aliphatic rings. The average Bonchev–Trinajstić information content (AvgIpc) is 1.56. The molecule has 1 aliphatic heterocycles. The summed E-state index contributed by atoms with van der Waals surface area (Å²) in [7, 11) is 0. The van der Waals surface area contributed by atoms with E-state index in [0.717, 1.165) is 66.2 Å². The first-order valence-corrected chi connectivity index (χ1v) is 27.8. The number of benzene rings is 10. The number of nitrogens with zero attached hydrogens (tertiary/aromatic N) is 5. The zero-order valence-electron chi connectivity index (χ0n) is 51.6. The van der Waals surface area contributed by atoms with Gasteiger partial charge in [0.05, 0.1) is 0 Å². The molecular weight excluding hydrogens is 1160 g/mol. The number of aryl methyl sites for hydroxylation is 2. The van der Waals surface area contributed by atoms with Crippen molar-refractivity contribution in [1.82, 2.24) is 18.6 Å². The Bertz CT molecular complexity index is 4910. The summed E-state index contributed by atoms with van der Waals surface area (Å²) in [6, 6.07) is 83.4. The summed E-state index contributed by atoms with van der Waals surface area (Å²) >= 11 is 2.33. The Kier molecular flexibility index (Phi) is 10.4. The monoisotopic (exact) mass is 1220 g/mol. The molecule has 0 spiro atoms. The van der Waals surface area contributed by atoms with Crippen molar-refractivity contribution in [2.75, 3.05) is 4.81 Å². The van der Waals surface area contributed by atoms with Crippen LogP contribution in [0, 0.1) is 35.6 Å². The molecule has 13 aromatic rings.